The van der Waals surface area contributed by atoms with Gasteiger partial charge in [-0.25, -0.2) is 0 Å². The van der Waals surface area contributed by atoms with Gasteiger partial charge in [-0.1, -0.05) is 34.1 Å². The molecule has 1 saturated carbocycles. The second-order valence-corrected chi connectivity index (χ2v) is 5.82. The van der Waals surface area contributed by atoms with Crippen molar-refractivity contribution in [2.75, 3.05) is 6.61 Å². The van der Waals surface area contributed by atoms with Crippen molar-refractivity contribution in [1.82, 2.24) is 0 Å². The average molecular weight is 213 g/mol. The van der Waals surface area contributed by atoms with Gasteiger partial charge in [-0.05, 0) is 30.6 Å². The van der Waals surface area contributed by atoms with Crippen LogP contribution >= 0.6 is 0 Å². The Morgan fingerprint density at radius 2 is 2.13 bits per heavy atom. The molecule has 3 atom stereocenters. The summed E-state index contributed by atoms with van der Waals surface area (Å²) in [6.07, 6.45) is 5.12. The van der Waals surface area contributed by atoms with E-state index >= 15 is 0 Å². The van der Waals surface area contributed by atoms with E-state index < -0.39 is 0 Å². The average Bonchev–Trinajstić information content (AvgIpc) is 2.41. The molecule has 0 spiro atoms. The Labute approximate surface area is 94.6 Å². The predicted molar refractivity (Wildman–Crippen MR) is 64.8 cm³/mol. The second kappa shape index (κ2) is 5.31. The SMILES string of the molecule is CCCC(C)COC1CCC(C)(C)C1N. The Bertz CT molecular complexity index is 191. The summed E-state index contributed by atoms with van der Waals surface area (Å²) in [7, 11) is 0. The second-order valence-electron chi connectivity index (χ2n) is 5.82. The van der Waals surface area contributed by atoms with Gasteiger partial charge in [-0.2, -0.15) is 0 Å². The van der Waals surface area contributed by atoms with Crippen LogP contribution in [0.3, 0.4) is 0 Å². The van der Waals surface area contributed by atoms with Gasteiger partial charge < -0.3 is 10.5 Å². The molecule has 90 valence electrons. The molecule has 2 heteroatoms. The largest absolute Gasteiger partial charge is 0.376 e. The number of rotatable bonds is 5. The highest BCUT2D eigenvalue weighted by Gasteiger charge is 2.40. The highest BCUT2D eigenvalue weighted by Crippen LogP contribution is 2.37. The molecule has 0 bridgehead atoms. The minimum atomic E-state index is 0.214. The molecule has 0 aliphatic heterocycles. The van der Waals surface area contributed by atoms with Gasteiger partial charge in [0.1, 0.15) is 0 Å². The van der Waals surface area contributed by atoms with Crippen LogP contribution in [0.1, 0.15) is 53.4 Å². The summed E-state index contributed by atoms with van der Waals surface area (Å²) in [5.74, 6) is 0.672. The van der Waals surface area contributed by atoms with Crippen molar-refractivity contribution in [3.63, 3.8) is 0 Å². The van der Waals surface area contributed by atoms with Gasteiger partial charge >= 0.3 is 0 Å². The van der Waals surface area contributed by atoms with E-state index in [9.17, 15) is 0 Å². The van der Waals surface area contributed by atoms with E-state index in [1.165, 1.54) is 19.3 Å². The van der Waals surface area contributed by atoms with Crippen molar-refractivity contribution < 1.29 is 4.74 Å². The topological polar surface area (TPSA) is 35.2 Å². The van der Waals surface area contributed by atoms with Gasteiger partial charge in [-0.3, -0.25) is 0 Å². The van der Waals surface area contributed by atoms with E-state index in [4.69, 9.17) is 10.5 Å². The summed E-state index contributed by atoms with van der Waals surface area (Å²) in [5, 5.41) is 0. The zero-order valence-electron chi connectivity index (χ0n) is 10.8. The minimum absolute atomic E-state index is 0.214. The van der Waals surface area contributed by atoms with Crippen LogP contribution in [0.2, 0.25) is 0 Å². The molecule has 0 saturated heterocycles. The van der Waals surface area contributed by atoms with Crippen molar-refractivity contribution in [1.29, 1.82) is 0 Å². The molecule has 0 aromatic rings. The lowest BCUT2D eigenvalue weighted by atomic mass is 9.88. The maximum Gasteiger partial charge on any atom is 0.0731 e. The van der Waals surface area contributed by atoms with Crippen molar-refractivity contribution in [2.45, 2.75) is 65.5 Å². The van der Waals surface area contributed by atoms with Gasteiger partial charge in [0.15, 0.2) is 0 Å². The number of ether oxygens (including phenoxy) is 1. The van der Waals surface area contributed by atoms with Crippen LogP contribution in [-0.2, 0) is 4.74 Å². The van der Waals surface area contributed by atoms with Crippen molar-refractivity contribution in [2.24, 2.45) is 17.1 Å². The van der Waals surface area contributed by atoms with E-state index in [2.05, 4.69) is 27.7 Å². The monoisotopic (exact) mass is 213 g/mol. The maximum atomic E-state index is 6.19. The van der Waals surface area contributed by atoms with Crippen LogP contribution in [0.5, 0.6) is 0 Å². The third-order valence-electron chi connectivity index (χ3n) is 3.75. The zero-order chi connectivity index (χ0) is 11.5. The Balaban J connectivity index is 2.29. The molecule has 0 amide bonds. The first-order valence-electron chi connectivity index (χ1n) is 6.34. The first-order chi connectivity index (χ1) is 6.97. The third-order valence-corrected chi connectivity index (χ3v) is 3.75. The summed E-state index contributed by atoms with van der Waals surface area (Å²) >= 11 is 0. The molecule has 1 rings (SSSR count). The molecule has 15 heavy (non-hydrogen) atoms. The minimum Gasteiger partial charge on any atom is -0.376 e. The molecule has 0 radical (unpaired) electrons. The summed E-state index contributed by atoms with van der Waals surface area (Å²) in [4.78, 5) is 0. The number of hydrogen-bond donors (Lipinski definition) is 1. The van der Waals surface area contributed by atoms with Crippen molar-refractivity contribution in [3.8, 4) is 0 Å². The first-order valence-corrected chi connectivity index (χ1v) is 6.34. The number of nitrogens with two attached hydrogens (primary N) is 1. The predicted octanol–water partition coefficient (Wildman–Crippen LogP) is 2.96. The Hall–Kier alpha value is -0.0800. The molecule has 0 heterocycles. The van der Waals surface area contributed by atoms with Crippen molar-refractivity contribution >= 4 is 0 Å². The fraction of sp³-hybridized carbons (Fsp3) is 1.00. The highest BCUT2D eigenvalue weighted by molar-refractivity contribution is 4.95. The Morgan fingerprint density at radius 1 is 1.47 bits per heavy atom. The third kappa shape index (κ3) is 3.46. The van der Waals surface area contributed by atoms with Gasteiger partial charge in [-0.15, -0.1) is 0 Å². The molecule has 1 aliphatic rings. The molecule has 2 N–H and O–H groups in total. The Morgan fingerprint density at radius 3 is 2.60 bits per heavy atom. The van der Waals surface area contributed by atoms with Crippen LogP contribution < -0.4 is 5.73 Å². The van der Waals surface area contributed by atoms with Crippen LogP contribution in [-0.4, -0.2) is 18.8 Å². The lowest BCUT2D eigenvalue weighted by Gasteiger charge is -2.27. The summed E-state index contributed by atoms with van der Waals surface area (Å²) in [6.45, 7) is 9.85. The lowest BCUT2D eigenvalue weighted by molar-refractivity contribution is 0.0177. The maximum absolute atomic E-state index is 6.19. The smallest absolute Gasteiger partial charge is 0.0731 e. The molecule has 0 aromatic carbocycles. The summed E-state index contributed by atoms with van der Waals surface area (Å²) in [6, 6.07) is 0.214. The quantitative estimate of drug-likeness (QED) is 0.762. The standard InChI is InChI=1S/C13H27NO/c1-5-6-10(2)9-15-11-7-8-13(3,4)12(11)14/h10-12H,5-9,14H2,1-4H3. The van der Waals surface area contributed by atoms with Gasteiger partial charge in [0.2, 0.25) is 0 Å². The zero-order valence-corrected chi connectivity index (χ0v) is 10.8. The van der Waals surface area contributed by atoms with Crippen LogP contribution in [0.15, 0.2) is 0 Å². The summed E-state index contributed by atoms with van der Waals surface area (Å²) < 4.78 is 5.94. The van der Waals surface area contributed by atoms with Gasteiger partial charge in [0, 0.05) is 12.6 Å². The fourth-order valence-electron chi connectivity index (χ4n) is 2.41. The highest BCUT2D eigenvalue weighted by atomic mass is 16.5. The molecule has 0 aromatic heterocycles. The van der Waals surface area contributed by atoms with Crippen LogP contribution in [0, 0.1) is 11.3 Å². The lowest BCUT2D eigenvalue weighted by Crippen LogP contribution is -2.41. The fourth-order valence-corrected chi connectivity index (χ4v) is 2.41. The Kier molecular flexibility index (Phi) is 4.60. The molecule has 3 unspecified atom stereocenters. The molecular weight excluding hydrogens is 186 g/mol. The summed E-state index contributed by atoms with van der Waals surface area (Å²) in [5.41, 5.74) is 6.45. The normalized spacial score (nSPS) is 31.8. The molecule has 2 nitrogen and oxygen atoms in total. The van der Waals surface area contributed by atoms with Gasteiger partial charge in [0.05, 0.1) is 6.10 Å². The first kappa shape index (κ1) is 13.0. The van der Waals surface area contributed by atoms with E-state index in [0.29, 0.717) is 12.0 Å². The van der Waals surface area contributed by atoms with Gasteiger partial charge in [0.25, 0.3) is 0 Å². The van der Waals surface area contributed by atoms with E-state index in [-0.39, 0.29) is 11.5 Å². The molecule has 1 fully saturated rings. The van der Waals surface area contributed by atoms with Crippen molar-refractivity contribution in [3.05, 3.63) is 0 Å². The van der Waals surface area contributed by atoms with E-state index in [1.54, 1.807) is 0 Å². The van der Waals surface area contributed by atoms with Crippen LogP contribution in [0.25, 0.3) is 0 Å². The molecular formula is C13H27NO. The molecule has 1 aliphatic carbocycles. The van der Waals surface area contributed by atoms with Crippen LogP contribution in [0.4, 0.5) is 0 Å². The van der Waals surface area contributed by atoms with E-state index in [1.807, 2.05) is 0 Å². The van der Waals surface area contributed by atoms with E-state index in [0.717, 1.165) is 13.0 Å². The number of hydrogen-bond acceptors (Lipinski definition) is 2.